The van der Waals surface area contributed by atoms with Crippen molar-refractivity contribution in [2.75, 3.05) is 11.5 Å². The highest BCUT2D eigenvalue weighted by Crippen LogP contribution is 2.42. The first-order valence-corrected chi connectivity index (χ1v) is 11.9. The van der Waals surface area contributed by atoms with Gasteiger partial charge in [-0.2, -0.15) is 0 Å². The van der Waals surface area contributed by atoms with Gasteiger partial charge in [-0.05, 0) is 85.5 Å². The van der Waals surface area contributed by atoms with Crippen LogP contribution in [0.4, 0.5) is 5.69 Å². The first kappa shape index (κ1) is 24.2. The van der Waals surface area contributed by atoms with Crippen LogP contribution < -0.4 is 9.64 Å². The quantitative estimate of drug-likeness (QED) is 0.192. The third kappa shape index (κ3) is 5.11. The van der Waals surface area contributed by atoms with Crippen molar-refractivity contribution in [3.05, 3.63) is 94.8 Å². The van der Waals surface area contributed by atoms with Gasteiger partial charge in [0.2, 0.25) is 0 Å². The van der Waals surface area contributed by atoms with Crippen molar-refractivity contribution >= 4 is 23.1 Å². The Morgan fingerprint density at radius 1 is 0.971 bits per heavy atom. The molecule has 1 aromatic heterocycles. The summed E-state index contributed by atoms with van der Waals surface area (Å²) in [4.78, 5) is 32.1. The molecular weight excluding hydrogens is 440 g/mol. The fourth-order valence-corrected chi connectivity index (χ4v) is 4.46. The summed E-state index contributed by atoms with van der Waals surface area (Å²) in [5.74, 6) is -0.911. The fraction of sp³-hybridized carbons (Fsp3) is 0.276. The maximum atomic E-state index is 13.3. The second kappa shape index (κ2) is 10.6. The highest BCUT2D eigenvalue weighted by atomic mass is 16.5. The van der Waals surface area contributed by atoms with Gasteiger partial charge in [0.25, 0.3) is 11.7 Å². The van der Waals surface area contributed by atoms with Crippen LogP contribution in [-0.2, 0) is 9.59 Å². The number of carbonyl (C=O) groups excluding carboxylic acids is 2. The number of nitrogens with zero attached hydrogens (tertiary/aromatic N) is 2. The van der Waals surface area contributed by atoms with E-state index < -0.39 is 17.7 Å². The van der Waals surface area contributed by atoms with E-state index in [4.69, 9.17) is 4.74 Å². The van der Waals surface area contributed by atoms with E-state index in [1.165, 1.54) is 4.90 Å². The summed E-state index contributed by atoms with van der Waals surface area (Å²) in [6.45, 7) is 6.66. The first-order chi connectivity index (χ1) is 16.9. The lowest BCUT2D eigenvalue weighted by molar-refractivity contribution is -0.132. The Balaban J connectivity index is 1.76. The molecule has 2 heterocycles. The van der Waals surface area contributed by atoms with E-state index in [-0.39, 0.29) is 11.3 Å². The van der Waals surface area contributed by atoms with Crippen LogP contribution >= 0.6 is 0 Å². The van der Waals surface area contributed by atoms with E-state index in [0.29, 0.717) is 29.2 Å². The molecule has 6 heteroatoms. The molecule has 0 radical (unpaired) electrons. The van der Waals surface area contributed by atoms with Gasteiger partial charge in [-0.3, -0.25) is 19.5 Å². The molecule has 1 unspecified atom stereocenters. The van der Waals surface area contributed by atoms with E-state index in [0.717, 1.165) is 30.4 Å². The Kier molecular flexibility index (Phi) is 7.30. The van der Waals surface area contributed by atoms with Crippen LogP contribution in [0.2, 0.25) is 0 Å². The molecule has 1 N–H and O–H groups in total. The normalized spacial score (nSPS) is 17.1. The predicted octanol–water partition coefficient (Wildman–Crippen LogP) is 5.89. The van der Waals surface area contributed by atoms with Gasteiger partial charge in [0, 0.05) is 23.6 Å². The smallest absolute Gasteiger partial charge is 0.300 e. The highest BCUT2D eigenvalue weighted by Gasteiger charge is 2.47. The number of aliphatic hydroxyl groups excluding tert-OH is 1. The number of aryl methyl sites for hydroxylation is 2. The molecule has 1 saturated heterocycles. The van der Waals surface area contributed by atoms with Crippen LogP contribution in [0.25, 0.3) is 5.76 Å². The molecular formula is C29H30N2O4. The second-order valence-corrected chi connectivity index (χ2v) is 8.88. The zero-order valence-electron chi connectivity index (χ0n) is 20.3. The van der Waals surface area contributed by atoms with E-state index >= 15 is 0 Å². The number of anilines is 1. The molecule has 0 bridgehead atoms. The van der Waals surface area contributed by atoms with Crippen LogP contribution in [-0.4, -0.2) is 28.4 Å². The average Bonchev–Trinajstić information content (AvgIpc) is 3.12. The molecule has 0 saturated carbocycles. The zero-order valence-corrected chi connectivity index (χ0v) is 20.3. The number of hydrogen-bond donors (Lipinski definition) is 1. The van der Waals surface area contributed by atoms with Gasteiger partial charge in [-0.25, -0.2) is 0 Å². The number of rotatable bonds is 8. The Morgan fingerprint density at radius 3 is 2.26 bits per heavy atom. The lowest BCUT2D eigenvalue weighted by atomic mass is 9.95. The zero-order chi connectivity index (χ0) is 24.9. The number of aromatic nitrogens is 1. The molecule has 1 amide bonds. The van der Waals surface area contributed by atoms with Gasteiger partial charge < -0.3 is 9.84 Å². The number of hydrogen-bond acceptors (Lipinski definition) is 5. The molecule has 4 rings (SSSR count). The Morgan fingerprint density at radius 2 is 1.63 bits per heavy atom. The molecule has 180 valence electrons. The summed E-state index contributed by atoms with van der Waals surface area (Å²) < 4.78 is 5.76. The van der Waals surface area contributed by atoms with Gasteiger partial charge in [-0.15, -0.1) is 0 Å². The van der Waals surface area contributed by atoms with Crippen molar-refractivity contribution in [1.82, 2.24) is 4.98 Å². The molecule has 1 aliphatic heterocycles. The Bertz CT molecular complexity index is 1230. The fourth-order valence-electron chi connectivity index (χ4n) is 4.46. The van der Waals surface area contributed by atoms with Gasteiger partial charge in [0.05, 0.1) is 18.2 Å². The van der Waals surface area contributed by atoms with Gasteiger partial charge in [-0.1, -0.05) is 25.8 Å². The minimum Gasteiger partial charge on any atom is -0.507 e. The van der Waals surface area contributed by atoms with E-state index in [1.807, 2.05) is 32.0 Å². The standard InChI is InChI=1S/C29H30N2O4/c1-4-5-6-15-35-24-9-7-22(8-10-24)27(32)25-26(21-11-13-30-14-12-21)31(29(34)28(25)33)23-17-19(2)16-20(3)18-23/h7-14,16-18,26,32H,4-6,15H2,1-3H3/b27-25+. The molecule has 0 aliphatic carbocycles. The van der Waals surface area contributed by atoms with E-state index in [9.17, 15) is 14.7 Å². The highest BCUT2D eigenvalue weighted by molar-refractivity contribution is 6.51. The maximum Gasteiger partial charge on any atom is 0.300 e. The first-order valence-electron chi connectivity index (χ1n) is 11.9. The van der Waals surface area contributed by atoms with Gasteiger partial charge in [0.1, 0.15) is 11.5 Å². The van der Waals surface area contributed by atoms with E-state index in [1.54, 1.807) is 48.8 Å². The summed E-state index contributed by atoms with van der Waals surface area (Å²) in [6, 6.07) is 15.4. The lowest BCUT2D eigenvalue weighted by Crippen LogP contribution is -2.29. The predicted molar refractivity (Wildman–Crippen MR) is 136 cm³/mol. The van der Waals surface area contributed by atoms with Crippen LogP contribution in [0.3, 0.4) is 0 Å². The monoisotopic (exact) mass is 470 g/mol. The van der Waals surface area contributed by atoms with Gasteiger partial charge >= 0.3 is 0 Å². The van der Waals surface area contributed by atoms with Crippen molar-refractivity contribution in [3.63, 3.8) is 0 Å². The minimum absolute atomic E-state index is 0.0528. The van der Waals surface area contributed by atoms with Crippen LogP contribution in [0.5, 0.6) is 5.75 Å². The van der Waals surface area contributed by atoms with Crippen molar-refractivity contribution in [2.24, 2.45) is 0 Å². The van der Waals surface area contributed by atoms with Gasteiger partial charge in [0.15, 0.2) is 0 Å². The second-order valence-electron chi connectivity index (χ2n) is 8.88. The molecule has 2 aromatic carbocycles. The molecule has 1 fully saturated rings. The molecule has 0 spiro atoms. The molecule has 1 atom stereocenters. The van der Waals surface area contributed by atoms with E-state index in [2.05, 4.69) is 11.9 Å². The Labute approximate surface area is 205 Å². The third-order valence-corrected chi connectivity index (χ3v) is 6.10. The van der Waals surface area contributed by atoms with Crippen molar-refractivity contribution < 1.29 is 19.4 Å². The van der Waals surface area contributed by atoms with Crippen LogP contribution in [0, 0.1) is 13.8 Å². The largest absolute Gasteiger partial charge is 0.507 e. The average molecular weight is 471 g/mol. The number of aliphatic hydroxyl groups is 1. The number of pyridine rings is 1. The molecule has 6 nitrogen and oxygen atoms in total. The van der Waals surface area contributed by atoms with Crippen molar-refractivity contribution in [1.29, 1.82) is 0 Å². The number of amides is 1. The topological polar surface area (TPSA) is 79.7 Å². The minimum atomic E-state index is -0.774. The number of unbranched alkanes of at least 4 members (excludes halogenated alkanes) is 2. The summed E-state index contributed by atoms with van der Waals surface area (Å²) in [5, 5.41) is 11.3. The van der Waals surface area contributed by atoms with Crippen LogP contribution in [0.1, 0.15) is 54.5 Å². The number of ketones is 1. The molecule has 1 aliphatic rings. The third-order valence-electron chi connectivity index (χ3n) is 6.10. The number of Topliss-reactive ketones (excluding diaryl/α,β-unsaturated/α-hetero) is 1. The maximum absolute atomic E-state index is 13.3. The summed E-state index contributed by atoms with van der Waals surface area (Å²) in [7, 11) is 0. The molecule has 3 aromatic rings. The number of carbonyl (C=O) groups is 2. The van der Waals surface area contributed by atoms with Crippen molar-refractivity contribution in [3.8, 4) is 5.75 Å². The number of benzene rings is 2. The molecule has 35 heavy (non-hydrogen) atoms. The summed E-state index contributed by atoms with van der Waals surface area (Å²) >= 11 is 0. The van der Waals surface area contributed by atoms with Crippen LogP contribution in [0.15, 0.2) is 72.6 Å². The SMILES string of the molecule is CCCCCOc1ccc(/C(O)=C2\C(=O)C(=O)N(c3cc(C)cc(C)c3)C2c2ccncc2)cc1. The van der Waals surface area contributed by atoms with Crippen molar-refractivity contribution in [2.45, 2.75) is 46.1 Å². The lowest BCUT2D eigenvalue weighted by Gasteiger charge is -2.26. The Hall–Kier alpha value is -3.93. The number of ether oxygens (including phenoxy) is 1. The summed E-state index contributed by atoms with van der Waals surface area (Å²) in [6.07, 6.45) is 6.43. The summed E-state index contributed by atoms with van der Waals surface area (Å²) in [5.41, 5.74) is 3.76.